The van der Waals surface area contributed by atoms with E-state index in [1.807, 2.05) is 12.1 Å². The Morgan fingerprint density at radius 2 is 2.17 bits per heavy atom. The molecule has 0 N–H and O–H groups in total. The third-order valence-corrected chi connectivity index (χ3v) is 4.87. The zero-order chi connectivity index (χ0) is 12.9. The molecular weight excluding hydrogens is 227 g/mol. The van der Waals surface area contributed by atoms with Gasteiger partial charge >= 0.3 is 0 Å². The first kappa shape index (κ1) is 11.9. The summed E-state index contributed by atoms with van der Waals surface area (Å²) in [5.41, 5.74) is 2.59. The number of rotatable bonds is 0. The van der Waals surface area contributed by atoms with E-state index >= 15 is 0 Å². The molecule has 1 fully saturated rings. The van der Waals surface area contributed by atoms with E-state index in [-0.39, 0.29) is 11.7 Å². The number of hydrogen-bond acceptors (Lipinski definition) is 1. The van der Waals surface area contributed by atoms with E-state index in [1.165, 1.54) is 11.1 Å². The van der Waals surface area contributed by atoms with Gasteiger partial charge < -0.3 is 0 Å². The Bertz CT molecular complexity index is 508. The number of halogens is 1. The van der Waals surface area contributed by atoms with Gasteiger partial charge in [0.05, 0.1) is 5.41 Å². The van der Waals surface area contributed by atoms with Gasteiger partial charge in [-0.25, -0.2) is 4.39 Å². The van der Waals surface area contributed by atoms with Crippen LogP contribution >= 0.6 is 0 Å². The van der Waals surface area contributed by atoms with Gasteiger partial charge in [0.15, 0.2) is 0 Å². The average Bonchev–Trinajstić information content (AvgIpc) is 2.69. The first-order valence-corrected chi connectivity index (χ1v) is 6.84. The first-order chi connectivity index (χ1) is 8.57. The van der Waals surface area contributed by atoms with Crippen LogP contribution in [0.2, 0.25) is 0 Å². The Morgan fingerprint density at radius 3 is 2.83 bits per heavy atom. The Labute approximate surface area is 107 Å². The van der Waals surface area contributed by atoms with Gasteiger partial charge in [0.2, 0.25) is 0 Å². The molecule has 0 radical (unpaired) electrons. The lowest BCUT2D eigenvalue weighted by Gasteiger charge is -2.41. The zero-order valence-electron chi connectivity index (χ0n) is 11.0. The summed E-state index contributed by atoms with van der Waals surface area (Å²) in [5, 5.41) is 0. The van der Waals surface area contributed by atoms with E-state index in [1.54, 1.807) is 0 Å². The molecule has 1 saturated carbocycles. The van der Waals surface area contributed by atoms with Gasteiger partial charge in [-0.3, -0.25) is 4.79 Å². The SMILES string of the molecule is Cc1cccc2c1C(C)C[C@@H](F)[C@]21CCCC1=O. The molecule has 18 heavy (non-hydrogen) atoms. The minimum atomic E-state index is -1.00. The summed E-state index contributed by atoms with van der Waals surface area (Å²) in [6, 6.07) is 6.01. The third kappa shape index (κ3) is 1.35. The molecule has 0 amide bonds. The van der Waals surface area contributed by atoms with E-state index in [2.05, 4.69) is 19.9 Å². The molecule has 0 aromatic heterocycles. The number of aryl methyl sites for hydroxylation is 1. The Hall–Kier alpha value is -1.18. The van der Waals surface area contributed by atoms with Crippen molar-refractivity contribution in [3.63, 3.8) is 0 Å². The largest absolute Gasteiger partial charge is 0.299 e. The van der Waals surface area contributed by atoms with Crippen LogP contribution in [0.25, 0.3) is 0 Å². The van der Waals surface area contributed by atoms with Gasteiger partial charge in [0, 0.05) is 6.42 Å². The number of alkyl halides is 1. The summed E-state index contributed by atoms with van der Waals surface area (Å²) in [4.78, 5) is 12.3. The molecule has 0 heterocycles. The Balaban J connectivity index is 2.26. The standard InChI is InChI=1S/C16H19FO/c1-10-5-3-6-12-15(10)11(2)9-13(17)16(12)8-4-7-14(16)18/h3,5-6,11,13H,4,7-9H2,1-2H3/t11?,13-,16+/m1/s1. The van der Waals surface area contributed by atoms with Gasteiger partial charge in [-0.2, -0.15) is 0 Å². The molecule has 0 aliphatic heterocycles. The summed E-state index contributed by atoms with van der Waals surface area (Å²) < 4.78 is 14.6. The molecule has 1 spiro atoms. The topological polar surface area (TPSA) is 17.1 Å². The molecule has 2 aliphatic carbocycles. The highest BCUT2D eigenvalue weighted by Crippen LogP contribution is 2.51. The van der Waals surface area contributed by atoms with E-state index < -0.39 is 11.6 Å². The summed E-state index contributed by atoms with van der Waals surface area (Å²) in [6.45, 7) is 4.14. The number of carbonyl (C=O) groups excluding carboxylic acids is 1. The highest BCUT2D eigenvalue weighted by atomic mass is 19.1. The van der Waals surface area contributed by atoms with Crippen LogP contribution in [0.4, 0.5) is 4.39 Å². The monoisotopic (exact) mass is 246 g/mol. The molecule has 2 heteroatoms. The fourth-order valence-corrected chi connectivity index (χ4v) is 4.03. The second kappa shape index (κ2) is 3.91. The van der Waals surface area contributed by atoms with Crippen molar-refractivity contribution in [2.45, 2.75) is 57.0 Å². The molecule has 1 unspecified atom stereocenters. The first-order valence-electron chi connectivity index (χ1n) is 6.84. The minimum absolute atomic E-state index is 0.119. The van der Waals surface area contributed by atoms with Crippen LogP contribution in [0.3, 0.4) is 0 Å². The summed E-state index contributed by atoms with van der Waals surface area (Å²) in [5.74, 6) is 0.337. The average molecular weight is 246 g/mol. The van der Waals surface area contributed by atoms with E-state index in [0.29, 0.717) is 19.3 Å². The van der Waals surface area contributed by atoms with Crippen molar-refractivity contribution in [1.29, 1.82) is 0 Å². The lowest BCUT2D eigenvalue weighted by atomic mass is 9.63. The number of benzene rings is 1. The predicted octanol–water partition coefficient (Wildman–Crippen LogP) is 3.83. The van der Waals surface area contributed by atoms with E-state index in [4.69, 9.17) is 0 Å². The lowest BCUT2D eigenvalue weighted by molar-refractivity contribution is -0.125. The number of fused-ring (bicyclic) bond motifs is 2. The van der Waals surface area contributed by atoms with Gasteiger partial charge in [-0.15, -0.1) is 0 Å². The van der Waals surface area contributed by atoms with Crippen LogP contribution in [0.5, 0.6) is 0 Å². The van der Waals surface area contributed by atoms with Gasteiger partial charge in [-0.05, 0) is 48.8 Å². The van der Waals surface area contributed by atoms with Crippen molar-refractivity contribution in [3.05, 3.63) is 34.9 Å². The zero-order valence-corrected chi connectivity index (χ0v) is 11.0. The number of carbonyl (C=O) groups is 1. The second-order valence-corrected chi connectivity index (χ2v) is 5.89. The third-order valence-electron chi connectivity index (χ3n) is 4.87. The molecule has 0 bridgehead atoms. The van der Waals surface area contributed by atoms with Crippen molar-refractivity contribution in [2.75, 3.05) is 0 Å². The van der Waals surface area contributed by atoms with Crippen molar-refractivity contribution in [3.8, 4) is 0 Å². The molecular formula is C16H19FO. The Kier molecular flexibility index (Phi) is 2.58. The molecule has 3 atom stereocenters. The van der Waals surface area contributed by atoms with Crippen LogP contribution in [0.1, 0.15) is 55.2 Å². The fraction of sp³-hybridized carbons (Fsp3) is 0.562. The number of hydrogen-bond donors (Lipinski definition) is 0. The highest BCUT2D eigenvalue weighted by molar-refractivity contribution is 5.93. The smallest absolute Gasteiger partial charge is 0.146 e. The van der Waals surface area contributed by atoms with Crippen molar-refractivity contribution >= 4 is 5.78 Å². The van der Waals surface area contributed by atoms with Crippen LogP contribution < -0.4 is 0 Å². The lowest BCUT2D eigenvalue weighted by Crippen LogP contribution is -2.45. The molecule has 2 aliphatic rings. The van der Waals surface area contributed by atoms with Crippen LogP contribution in [0, 0.1) is 6.92 Å². The highest BCUT2D eigenvalue weighted by Gasteiger charge is 2.54. The van der Waals surface area contributed by atoms with Gasteiger partial charge in [0.25, 0.3) is 0 Å². The normalized spacial score (nSPS) is 34.9. The van der Waals surface area contributed by atoms with Crippen molar-refractivity contribution in [1.82, 2.24) is 0 Å². The summed E-state index contributed by atoms with van der Waals surface area (Å²) in [6.07, 6.45) is 1.56. The van der Waals surface area contributed by atoms with Crippen molar-refractivity contribution in [2.24, 2.45) is 0 Å². The summed E-state index contributed by atoms with van der Waals surface area (Å²) in [7, 11) is 0. The molecule has 1 nitrogen and oxygen atoms in total. The predicted molar refractivity (Wildman–Crippen MR) is 69.6 cm³/mol. The van der Waals surface area contributed by atoms with E-state index in [9.17, 15) is 9.18 Å². The number of ketones is 1. The second-order valence-electron chi connectivity index (χ2n) is 5.89. The molecule has 0 saturated heterocycles. The fourth-order valence-electron chi connectivity index (χ4n) is 4.03. The molecule has 3 rings (SSSR count). The number of Topliss-reactive ketones (excluding diaryl/α,β-unsaturated/α-hetero) is 1. The quantitative estimate of drug-likeness (QED) is 0.680. The van der Waals surface area contributed by atoms with Gasteiger partial charge in [0.1, 0.15) is 12.0 Å². The minimum Gasteiger partial charge on any atom is -0.299 e. The maximum absolute atomic E-state index is 14.6. The molecule has 1 aromatic rings. The summed E-state index contributed by atoms with van der Waals surface area (Å²) >= 11 is 0. The maximum Gasteiger partial charge on any atom is 0.146 e. The van der Waals surface area contributed by atoms with Crippen molar-refractivity contribution < 1.29 is 9.18 Å². The molecule has 1 aromatic carbocycles. The van der Waals surface area contributed by atoms with Crippen LogP contribution in [-0.4, -0.2) is 12.0 Å². The molecule has 96 valence electrons. The van der Waals surface area contributed by atoms with Gasteiger partial charge in [-0.1, -0.05) is 25.1 Å². The van der Waals surface area contributed by atoms with E-state index in [0.717, 1.165) is 12.0 Å². The van der Waals surface area contributed by atoms with Crippen LogP contribution in [0.15, 0.2) is 18.2 Å². The van der Waals surface area contributed by atoms with Crippen LogP contribution in [-0.2, 0) is 10.2 Å². The Morgan fingerprint density at radius 1 is 1.39 bits per heavy atom. The maximum atomic E-state index is 14.6.